The lowest BCUT2D eigenvalue weighted by molar-refractivity contribution is -0.121. The number of benzene rings is 1. The second kappa shape index (κ2) is 5.10. The summed E-state index contributed by atoms with van der Waals surface area (Å²) in [6, 6.07) is 5.73. The molecule has 5 heteroatoms. The minimum absolute atomic E-state index is 0.0434. The van der Waals surface area contributed by atoms with Crippen molar-refractivity contribution in [3.05, 3.63) is 34.6 Å². The van der Waals surface area contributed by atoms with Crippen LogP contribution in [-0.2, 0) is 11.3 Å². The van der Waals surface area contributed by atoms with E-state index < -0.39 is 5.82 Å². The number of rotatable bonds is 4. The van der Waals surface area contributed by atoms with Crippen molar-refractivity contribution in [2.24, 2.45) is 5.92 Å². The van der Waals surface area contributed by atoms with E-state index in [-0.39, 0.29) is 23.5 Å². The Hall–Kier alpha value is -1.13. The fourth-order valence-corrected chi connectivity index (χ4v) is 2.96. The van der Waals surface area contributed by atoms with E-state index in [1.165, 1.54) is 12.5 Å². The fraction of sp³-hybridized carbons (Fsp3) is 0.500. The Balaban J connectivity index is 1.48. The summed E-state index contributed by atoms with van der Waals surface area (Å²) in [5.41, 5.74) is 0.420. The van der Waals surface area contributed by atoms with Crippen LogP contribution < -0.4 is 10.6 Å². The van der Waals surface area contributed by atoms with Crippen LogP contribution in [0.25, 0.3) is 0 Å². The molecule has 1 aliphatic carbocycles. The molecule has 1 aliphatic heterocycles. The normalized spacial score (nSPS) is 28.0. The van der Waals surface area contributed by atoms with Crippen molar-refractivity contribution in [2.45, 2.75) is 37.9 Å². The third-order valence-electron chi connectivity index (χ3n) is 3.90. The Morgan fingerprint density at radius 2 is 2.32 bits per heavy atom. The molecule has 2 fully saturated rings. The van der Waals surface area contributed by atoms with E-state index in [1.807, 2.05) is 0 Å². The topological polar surface area (TPSA) is 41.1 Å². The van der Waals surface area contributed by atoms with Gasteiger partial charge in [-0.2, -0.15) is 0 Å². The number of fused-ring (bicyclic) bond motifs is 1. The number of hydrogen-bond acceptors (Lipinski definition) is 2. The maximum absolute atomic E-state index is 13.6. The summed E-state index contributed by atoms with van der Waals surface area (Å²) in [4.78, 5) is 11.8. The molecule has 19 heavy (non-hydrogen) atoms. The standard InChI is InChI=1S/C14H16ClFN2O/c15-11-3-1-2-8(14(11)16)7-17-13(19)6-10-4-9-5-12(9)18-10/h1-3,9-10,12,18H,4-7H2,(H,17,19). The van der Waals surface area contributed by atoms with E-state index in [0.717, 1.165) is 12.3 Å². The first-order valence-corrected chi connectivity index (χ1v) is 6.97. The molecule has 2 N–H and O–H groups in total. The molecule has 1 saturated carbocycles. The summed E-state index contributed by atoms with van der Waals surface area (Å²) >= 11 is 5.69. The van der Waals surface area contributed by atoms with E-state index in [0.29, 0.717) is 18.0 Å². The van der Waals surface area contributed by atoms with Crippen LogP contribution in [0.2, 0.25) is 5.02 Å². The zero-order valence-corrected chi connectivity index (χ0v) is 11.2. The van der Waals surface area contributed by atoms with E-state index >= 15 is 0 Å². The highest BCUT2D eigenvalue weighted by Crippen LogP contribution is 2.41. The number of carbonyl (C=O) groups excluding carboxylic acids is 1. The number of hydrogen-bond donors (Lipinski definition) is 2. The Labute approximate surface area is 116 Å². The zero-order valence-electron chi connectivity index (χ0n) is 10.5. The predicted octanol–water partition coefficient (Wildman–Crippen LogP) is 2.24. The van der Waals surface area contributed by atoms with Crippen molar-refractivity contribution in [3.63, 3.8) is 0 Å². The van der Waals surface area contributed by atoms with Gasteiger partial charge in [0.05, 0.1) is 5.02 Å². The molecule has 0 bridgehead atoms. The maximum Gasteiger partial charge on any atom is 0.221 e. The van der Waals surface area contributed by atoms with Crippen LogP contribution in [0.15, 0.2) is 18.2 Å². The van der Waals surface area contributed by atoms with Crippen molar-refractivity contribution in [1.82, 2.24) is 10.6 Å². The lowest BCUT2D eigenvalue weighted by Gasteiger charge is -2.13. The number of carbonyl (C=O) groups is 1. The molecule has 102 valence electrons. The third-order valence-corrected chi connectivity index (χ3v) is 4.19. The molecule has 3 unspecified atom stereocenters. The maximum atomic E-state index is 13.6. The average molecular weight is 283 g/mol. The molecule has 1 aromatic rings. The van der Waals surface area contributed by atoms with Crippen LogP contribution in [0.1, 0.15) is 24.8 Å². The number of piperidine rings is 1. The average Bonchev–Trinajstić information content (AvgIpc) is 2.99. The lowest BCUT2D eigenvalue weighted by atomic mass is 10.1. The molecule has 1 heterocycles. The first-order valence-electron chi connectivity index (χ1n) is 6.59. The van der Waals surface area contributed by atoms with Gasteiger partial charge in [0.25, 0.3) is 0 Å². The Morgan fingerprint density at radius 3 is 3.05 bits per heavy atom. The van der Waals surface area contributed by atoms with Crippen LogP contribution in [0.5, 0.6) is 0 Å². The van der Waals surface area contributed by atoms with Crippen LogP contribution in [0, 0.1) is 11.7 Å². The third kappa shape index (κ3) is 2.90. The van der Waals surface area contributed by atoms with Gasteiger partial charge < -0.3 is 10.6 Å². The summed E-state index contributed by atoms with van der Waals surface area (Å²) in [6.07, 6.45) is 2.81. The molecular weight excluding hydrogens is 267 g/mol. The molecule has 0 radical (unpaired) electrons. The van der Waals surface area contributed by atoms with Gasteiger partial charge in [-0.3, -0.25) is 4.79 Å². The predicted molar refractivity (Wildman–Crippen MR) is 71.3 cm³/mol. The Morgan fingerprint density at radius 1 is 1.47 bits per heavy atom. The Kier molecular flexibility index (Phi) is 3.46. The van der Waals surface area contributed by atoms with Gasteiger partial charge in [0, 0.05) is 30.6 Å². The van der Waals surface area contributed by atoms with Crippen molar-refractivity contribution < 1.29 is 9.18 Å². The molecular formula is C14H16ClFN2O. The smallest absolute Gasteiger partial charge is 0.221 e. The van der Waals surface area contributed by atoms with Crippen LogP contribution in [-0.4, -0.2) is 18.0 Å². The molecule has 1 saturated heterocycles. The summed E-state index contributed by atoms with van der Waals surface area (Å²) < 4.78 is 13.6. The summed E-state index contributed by atoms with van der Waals surface area (Å²) in [5.74, 6) is 0.283. The van der Waals surface area contributed by atoms with E-state index in [9.17, 15) is 9.18 Å². The molecule has 3 atom stereocenters. The highest BCUT2D eigenvalue weighted by molar-refractivity contribution is 6.30. The molecule has 0 spiro atoms. The highest BCUT2D eigenvalue weighted by Gasteiger charge is 2.45. The van der Waals surface area contributed by atoms with Crippen LogP contribution in [0.4, 0.5) is 4.39 Å². The Bertz CT molecular complexity index is 498. The number of nitrogens with one attached hydrogen (secondary N) is 2. The number of halogens is 2. The minimum Gasteiger partial charge on any atom is -0.352 e. The van der Waals surface area contributed by atoms with Crippen molar-refractivity contribution in [3.8, 4) is 0 Å². The van der Waals surface area contributed by atoms with E-state index in [4.69, 9.17) is 11.6 Å². The molecule has 1 amide bonds. The van der Waals surface area contributed by atoms with Gasteiger partial charge in [-0.1, -0.05) is 23.7 Å². The second-order valence-electron chi connectivity index (χ2n) is 5.40. The molecule has 1 aromatic carbocycles. The van der Waals surface area contributed by atoms with E-state index in [2.05, 4.69) is 10.6 Å². The monoisotopic (exact) mass is 282 g/mol. The first kappa shape index (κ1) is 12.9. The quantitative estimate of drug-likeness (QED) is 0.889. The van der Waals surface area contributed by atoms with E-state index in [1.54, 1.807) is 12.1 Å². The molecule has 3 rings (SSSR count). The number of amides is 1. The first-order chi connectivity index (χ1) is 9.13. The highest BCUT2D eigenvalue weighted by atomic mass is 35.5. The largest absolute Gasteiger partial charge is 0.352 e. The van der Waals surface area contributed by atoms with Crippen LogP contribution in [0.3, 0.4) is 0 Å². The van der Waals surface area contributed by atoms with Gasteiger partial charge in [0.2, 0.25) is 5.91 Å². The zero-order chi connectivity index (χ0) is 13.4. The van der Waals surface area contributed by atoms with Gasteiger partial charge in [-0.05, 0) is 24.8 Å². The SMILES string of the molecule is O=C(CC1CC2CC2N1)NCc1cccc(Cl)c1F. The molecule has 3 nitrogen and oxygen atoms in total. The van der Waals surface area contributed by atoms with Gasteiger partial charge in [0.1, 0.15) is 5.82 Å². The van der Waals surface area contributed by atoms with Crippen molar-refractivity contribution >= 4 is 17.5 Å². The lowest BCUT2D eigenvalue weighted by Crippen LogP contribution is -2.33. The molecule has 2 aliphatic rings. The van der Waals surface area contributed by atoms with Gasteiger partial charge in [-0.15, -0.1) is 0 Å². The van der Waals surface area contributed by atoms with Gasteiger partial charge >= 0.3 is 0 Å². The van der Waals surface area contributed by atoms with Crippen molar-refractivity contribution in [2.75, 3.05) is 0 Å². The molecule has 0 aromatic heterocycles. The van der Waals surface area contributed by atoms with Gasteiger partial charge in [0.15, 0.2) is 0 Å². The summed E-state index contributed by atoms with van der Waals surface area (Å²) in [5, 5.41) is 6.25. The van der Waals surface area contributed by atoms with Crippen LogP contribution >= 0.6 is 11.6 Å². The fourth-order valence-electron chi connectivity index (χ4n) is 2.77. The summed E-state index contributed by atoms with van der Waals surface area (Å²) in [6.45, 7) is 0.185. The van der Waals surface area contributed by atoms with Gasteiger partial charge in [-0.25, -0.2) is 4.39 Å². The van der Waals surface area contributed by atoms with Crippen molar-refractivity contribution in [1.29, 1.82) is 0 Å². The second-order valence-corrected chi connectivity index (χ2v) is 5.80. The summed E-state index contributed by atoms with van der Waals surface area (Å²) in [7, 11) is 0. The minimum atomic E-state index is -0.454.